The lowest BCUT2D eigenvalue weighted by Crippen LogP contribution is -2.30. The van der Waals surface area contributed by atoms with Crippen LogP contribution in [0.25, 0.3) is 0 Å². The van der Waals surface area contributed by atoms with Crippen molar-refractivity contribution in [3.8, 4) is 5.75 Å². The molecule has 0 saturated heterocycles. The quantitative estimate of drug-likeness (QED) is 0.863. The molecular formula is C16H16FNO5S. The van der Waals surface area contributed by atoms with Crippen LogP contribution >= 0.6 is 0 Å². The van der Waals surface area contributed by atoms with E-state index in [0.29, 0.717) is 5.75 Å². The lowest BCUT2D eigenvalue weighted by Gasteiger charge is -2.24. The van der Waals surface area contributed by atoms with Crippen molar-refractivity contribution in [2.45, 2.75) is 6.54 Å². The summed E-state index contributed by atoms with van der Waals surface area (Å²) < 4.78 is 44.6. The fourth-order valence-electron chi connectivity index (χ4n) is 2.18. The first-order chi connectivity index (χ1) is 11.2. The van der Waals surface area contributed by atoms with Gasteiger partial charge in [-0.05, 0) is 24.3 Å². The molecule has 0 bridgehead atoms. The molecule has 0 radical (unpaired) electrons. The Kier molecular flexibility index (Phi) is 5.08. The van der Waals surface area contributed by atoms with Crippen LogP contribution in [0.2, 0.25) is 0 Å². The molecule has 0 spiro atoms. The van der Waals surface area contributed by atoms with Gasteiger partial charge in [0.05, 0.1) is 31.2 Å². The Balaban J connectivity index is 2.47. The summed E-state index contributed by atoms with van der Waals surface area (Å²) in [5.41, 5.74) is 0.111. The first kappa shape index (κ1) is 17.7. The number of carbonyl (C=O) groups is 1. The largest absolute Gasteiger partial charge is 0.495 e. The summed E-state index contributed by atoms with van der Waals surface area (Å²) in [7, 11) is -2.32. The van der Waals surface area contributed by atoms with Crippen LogP contribution in [0, 0.1) is 5.82 Å². The number of hydrogen-bond acceptors (Lipinski definition) is 4. The van der Waals surface area contributed by atoms with E-state index >= 15 is 0 Å². The average molecular weight is 353 g/mol. The summed E-state index contributed by atoms with van der Waals surface area (Å²) in [5, 5.41) is 8.87. The van der Waals surface area contributed by atoms with E-state index in [1.165, 1.54) is 19.2 Å². The zero-order valence-corrected chi connectivity index (χ0v) is 13.9. The van der Waals surface area contributed by atoms with Gasteiger partial charge >= 0.3 is 5.97 Å². The van der Waals surface area contributed by atoms with Crippen LogP contribution in [0.3, 0.4) is 0 Å². The van der Waals surface area contributed by atoms with Crippen molar-refractivity contribution < 1.29 is 27.4 Å². The van der Waals surface area contributed by atoms with Gasteiger partial charge in [0.25, 0.3) is 0 Å². The summed E-state index contributed by atoms with van der Waals surface area (Å²) >= 11 is 0. The van der Waals surface area contributed by atoms with E-state index in [4.69, 9.17) is 9.84 Å². The third kappa shape index (κ3) is 3.83. The summed E-state index contributed by atoms with van der Waals surface area (Å²) in [6.45, 7) is -0.287. The van der Waals surface area contributed by atoms with Gasteiger partial charge in [0.2, 0.25) is 10.0 Å². The molecule has 8 heteroatoms. The number of sulfonamides is 1. The van der Waals surface area contributed by atoms with Crippen LogP contribution in [0.1, 0.15) is 15.9 Å². The van der Waals surface area contributed by atoms with Crippen molar-refractivity contribution in [1.29, 1.82) is 0 Å². The number of rotatable bonds is 6. The molecule has 24 heavy (non-hydrogen) atoms. The summed E-state index contributed by atoms with van der Waals surface area (Å²) in [6, 6.07) is 9.81. The molecule has 2 aromatic rings. The van der Waals surface area contributed by atoms with Crippen molar-refractivity contribution in [3.05, 3.63) is 59.4 Å². The maximum Gasteiger partial charge on any atom is 0.335 e. The molecule has 0 amide bonds. The minimum atomic E-state index is -3.72. The van der Waals surface area contributed by atoms with Crippen molar-refractivity contribution in [2.24, 2.45) is 0 Å². The van der Waals surface area contributed by atoms with Crippen LogP contribution in [-0.4, -0.2) is 32.9 Å². The number of carboxylic acid groups (broad SMARTS) is 1. The Morgan fingerprint density at radius 3 is 2.46 bits per heavy atom. The second-order valence-corrected chi connectivity index (χ2v) is 6.96. The van der Waals surface area contributed by atoms with Crippen molar-refractivity contribution in [2.75, 3.05) is 17.7 Å². The SMILES string of the molecule is COc1ccccc1N(Cc1ccc(C(=O)O)cc1F)S(C)(=O)=O. The van der Waals surface area contributed by atoms with Gasteiger partial charge in [-0.15, -0.1) is 0 Å². The number of carboxylic acids is 1. The number of methoxy groups -OCH3 is 1. The molecule has 2 aromatic carbocycles. The second kappa shape index (κ2) is 6.88. The molecule has 6 nitrogen and oxygen atoms in total. The third-order valence-corrected chi connectivity index (χ3v) is 4.49. The van der Waals surface area contributed by atoms with Gasteiger partial charge < -0.3 is 9.84 Å². The second-order valence-electron chi connectivity index (χ2n) is 5.05. The normalized spacial score (nSPS) is 11.1. The number of benzene rings is 2. The highest BCUT2D eigenvalue weighted by Gasteiger charge is 2.22. The smallest absolute Gasteiger partial charge is 0.335 e. The number of ether oxygens (including phenoxy) is 1. The maximum absolute atomic E-state index is 14.1. The van der Waals surface area contributed by atoms with Gasteiger partial charge in [-0.1, -0.05) is 18.2 Å². The summed E-state index contributed by atoms with van der Waals surface area (Å²) in [4.78, 5) is 10.9. The third-order valence-electron chi connectivity index (χ3n) is 3.37. The molecular weight excluding hydrogens is 337 g/mol. The Morgan fingerprint density at radius 2 is 1.92 bits per heavy atom. The first-order valence-electron chi connectivity index (χ1n) is 6.86. The van der Waals surface area contributed by atoms with E-state index < -0.39 is 21.8 Å². The van der Waals surface area contributed by atoms with E-state index in [-0.39, 0.29) is 23.4 Å². The number of hydrogen-bond donors (Lipinski definition) is 1. The first-order valence-corrected chi connectivity index (χ1v) is 8.71. The Bertz CT molecular complexity index is 867. The fraction of sp³-hybridized carbons (Fsp3) is 0.188. The molecule has 128 valence electrons. The van der Waals surface area contributed by atoms with E-state index in [0.717, 1.165) is 16.6 Å². The highest BCUT2D eigenvalue weighted by atomic mass is 32.2. The highest BCUT2D eigenvalue weighted by Crippen LogP contribution is 2.31. The van der Waals surface area contributed by atoms with Crippen molar-refractivity contribution >= 4 is 21.7 Å². The van der Waals surface area contributed by atoms with E-state index in [1.807, 2.05) is 0 Å². The monoisotopic (exact) mass is 353 g/mol. The molecule has 0 atom stereocenters. The van der Waals surface area contributed by atoms with Gasteiger partial charge in [0, 0.05) is 5.56 Å². The van der Waals surface area contributed by atoms with E-state index in [1.54, 1.807) is 24.3 Å². The van der Waals surface area contributed by atoms with E-state index in [2.05, 4.69) is 0 Å². The van der Waals surface area contributed by atoms with Gasteiger partial charge in [-0.3, -0.25) is 4.31 Å². The molecule has 0 aliphatic rings. The lowest BCUT2D eigenvalue weighted by atomic mass is 10.1. The predicted octanol–water partition coefficient (Wildman–Crippen LogP) is 2.50. The predicted molar refractivity (Wildman–Crippen MR) is 87.4 cm³/mol. The molecule has 1 N–H and O–H groups in total. The fourth-order valence-corrected chi connectivity index (χ4v) is 3.06. The zero-order valence-electron chi connectivity index (χ0n) is 13.1. The van der Waals surface area contributed by atoms with Gasteiger partial charge in [0.1, 0.15) is 11.6 Å². The molecule has 0 heterocycles. The van der Waals surface area contributed by atoms with E-state index in [9.17, 15) is 17.6 Å². The van der Waals surface area contributed by atoms with Gasteiger partial charge in [-0.2, -0.15) is 0 Å². The zero-order chi connectivity index (χ0) is 17.9. The van der Waals surface area contributed by atoms with Crippen LogP contribution in [-0.2, 0) is 16.6 Å². The molecule has 0 aliphatic carbocycles. The number of anilines is 1. The minimum Gasteiger partial charge on any atom is -0.495 e. The number of aromatic carboxylic acids is 1. The summed E-state index contributed by atoms with van der Waals surface area (Å²) in [5.74, 6) is -1.73. The number of para-hydroxylation sites is 2. The van der Waals surface area contributed by atoms with Crippen LogP contribution < -0.4 is 9.04 Å². The highest BCUT2D eigenvalue weighted by molar-refractivity contribution is 7.92. The Hall–Kier alpha value is -2.61. The van der Waals surface area contributed by atoms with Crippen LogP contribution in [0.15, 0.2) is 42.5 Å². The summed E-state index contributed by atoms with van der Waals surface area (Å²) in [6.07, 6.45) is 1.00. The molecule has 0 aliphatic heterocycles. The molecule has 0 aromatic heterocycles. The molecule has 0 fully saturated rings. The lowest BCUT2D eigenvalue weighted by molar-refractivity contribution is 0.0696. The molecule has 0 saturated carbocycles. The Labute approximate surface area is 139 Å². The molecule has 2 rings (SSSR count). The van der Waals surface area contributed by atoms with Crippen molar-refractivity contribution in [3.63, 3.8) is 0 Å². The van der Waals surface area contributed by atoms with Crippen LogP contribution in [0.4, 0.5) is 10.1 Å². The molecule has 0 unspecified atom stereocenters. The van der Waals surface area contributed by atoms with Crippen molar-refractivity contribution in [1.82, 2.24) is 0 Å². The van der Waals surface area contributed by atoms with Gasteiger partial charge in [-0.25, -0.2) is 17.6 Å². The maximum atomic E-state index is 14.1. The Morgan fingerprint density at radius 1 is 1.25 bits per heavy atom. The minimum absolute atomic E-state index is 0.0522. The number of nitrogens with zero attached hydrogens (tertiary/aromatic N) is 1. The van der Waals surface area contributed by atoms with Crippen LogP contribution in [0.5, 0.6) is 5.75 Å². The van der Waals surface area contributed by atoms with Gasteiger partial charge in [0.15, 0.2) is 0 Å². The average Bonchev–Trinajstić information content (AvgIpc) is 2.52. The number of halogens is 1. The topological polar surface area (TPSA) is 83.9 Å². The standard InChI is InChI=1S/C16H16FNO5S/c1-23-15-6-4-3-5-14(15)18(24(2,21)22)10-12-8-7-11(16(19)20)9-13(12)17/h3-9H,10H2,1-2H3,(H,19,20).